The fourth-order valence-corrected chi connectivity index (χ4v) is 0.989. The van der Waals surface area contributed by atoms with Crippen LogP contribution in [-0.4, -0.2) is 28.5 Å². The highest BCUT2D eigenvalue weighted by molar-refractivity contribution is 5.53. The van der Waals surface area contributed by atoms with E-state index in [2.05, 4.69) is 15.3 Å². The van der Waals surface area contributed by atoms with Crippen molar-refractivity contribution >= 4 is 11.9 Å². The molecule has 0 amide bonds. The third-order valence-electron chi connectivity index (χ3n) is 1.67. The van der Waals surface area contributed by atoms with Crippen LogP contribution in [0, 0.1) is 10.1 Å². The molecular formula is C8H12N4O2. The average Bonchev–Trinajstić information content (AvgIpc) is 2.60. The highest BCUT2D eigenvalue weighted by Crippen LogP contribution is 2.13. The fraction of sp³-hybridized carbons (Fsp3) is 0.375. The number of rotatable bonds is 5. The van der Waals surface area contributed by atoms with E-state index in [1.807, 2.05) is 13.1 Å². The van der Waals surface area contributed by atoms with E-state index in [-0.39, 0.29) is 5.82 Å². The number of nitro groups is 1. The van der Waals surface area contributed by atoms with Crippen molar-refractivity contribution in [1.82, 2.24) is 15.3 Å². The van der Waals surface area contributed by atoms with Crippen LogP contribution >= 0.6 is 0 Å². The summed E-state index contributed by atoms with van der Waals surface area (Å²) < 4.78 is 0. The van der Waals surface area contributed by atoms with Gasteiger partial charge >= 0.3 is 5.82 Å². The lowest BCUT2D eigenvalue weighted by atomic mass is 10.3. The molecule has 1 aromatic heterocycles. The highest BCUT2D eigenvalue weighted by Gasteiger charge is 2.11. The maximum atomic E-state index is 10.5. The second kappa shape index (κ2) is 5.13. The maximum absolute atomic E-state index is 10.5. The zero-order chi connectivity index (χ0) is 10.4. The molecule has 76 valence electrons. The Bertz CT molecular complexity index is 332. The van der Waals surface area contributed by atoms with Crippen molar-refractivity contribution in [3.05, 3.63) is 28.2 Å². The van der Waals surface area contributed by atoms with Crippen LogP contribution in [0.4, 0.5) is 5.82 Å². The Kier molecular flexibility index (Phi) is 3.81. The Labute approximate surface area is 81.2 Å². The minimum absolute atomic E-state index is 0.0642. The summed E-state index contributed by atoms with van der Waals surface area (Å²) in [6.45, 7) is 0.842. The summed E-state index contributed by atoms with van der Waals surface area (Å²) in [6.07, 6.45) is 5.63. The van der Waals surface area contributed by atoms with E-state index in [0.717, 1.165) is 13.0 Å². The van der Waals surface area contributed by atoms with Crippen molar-refractivity contribution in [3.63, 3.8) is 0 Å². The lowest BCUT2D eigenvalue weighted by molar-refractivity contribution is -0.389. The second-order valence-electron chi connectivity index (χ2n) is 2.69. The Morgan fingerprint density at radius 3 is 3.21 bits per heavy atom. The number of imidazole rings is 1. The smallest absolute Gasteiger partial charge is 0.347 e. The van der Waals surface area contributed by atoms with Gasteiger partial charge in [0.05, 0.1) is 0 Å². The van der Waals surface area contributed by atoms with E-state index in [9.17, 15) is 10.1 Å². The lowest BCUT2D eigenvalue weighted by Crippen LogP contribution is -2.05. The summed E-state index contributed by atoms with van der Waals surface area (Å²) in [7, 11) is 1.85. The molecule has 0 unspecified atom stereocenters. The summed E-state index contributed by atoms with van der Waals surface area (Å²) in [5.41, 5.74) is 0.367. The van der Waals surface area contributed by atoms with Gasteiger partial charge in [-0.05, 0) is 31.0 Å². The second-order valence-corrected chi connectivity index (χ2v) is 2.69. The van der Waals surface area contributed by atoms with Gasteiger partial charge < -0.3 is 15.4 Å². The Morgan fingerprint density at radius 2 is 2.57 bits per heavy atom. The average molecular weight is 196 g/mol. The first-order chi connectivity index (χ1) is 6.75. The van der Waals surface area contributed by atoms with Gasteiger partial charge in [0.1, 0.15) is 0 Å². The molecule has 0 saturated carbocycles. The molecule has 0 radical (unpaired) electrons. The Hall–Kier alpha value is -1.69. The van der Waals surface area contributed by atoms with Gasteiger partial charge in [0.15, 0.2) is 12.0 Å². The molecule has 1 aromatic rings. The zero-order valence-electron chi connectivity index (χ0n) is 7.86. The van der Waals surface area contributed by atoms with E-state index in [4.69, 9.17) is 0 Å². The monoisotopic (exact) mass is 196 g/mol. The number of nitrogens with zero attached hydrogens (tertiary/aromatic N) is 2. The van der Waals surface area contributed by atoms with Crippen LogP contribution in [0.5, 0.6) is 0 Å². The maximum Gasteiger partial charge on any atom is 0.347 e. The first kappa shape index (κ1) is 10.4. The van der Waals surface area contributed by atoms with Crippen molar-refractivity contribution in [3.8, 4) is 0 Å². The minimum atomic E-state index is -0.481. The quantitative estimate of drug-likeness (QED) is 0.417. The molecule has 1 heterocycles. The fourth-order valence-electron chi connectivity index (χ4n) is 0.989. The molecule has 0 aliphatic rings. The van der Waals surface area contributed by atoms with Gasteiger partial charge in [-0.1, -0.05) is 6.08 Å². The van der Waals surface area contributed by atoms with Crippen molar-refractivity contribution in [2.45, 2.75) is 6.42 Å². The predicted molar refractivity (Wildman–Crippen MR) is 52.8 cm³/mol. The molecule has 6 heteroatoms. The SMILES string of the molecule is CNCCC=Cc1nc[nH]c1[N+](=O)[O-]. The first-order valence-electron chi connectivity index (χ1n) is 4.24. The van der Waals surface area contributed by atoms with Crippen LogP contribution in [0.1, 0.15) is 12.1 Å². The summed E-state index contributed by atoms with van der Waals surface area (Å²) >= 11 is 0. The van der Waals surface area contributed by atoms with Crippen molar-refractivity contribution < 1.29 is 4.92 Å². The molecule has 14 heavy (non-hydrogen) atoms. The molecule has 2 N–H and O–H groups in total. The molecule has 1 rings (SSSR count). The molecule has 0 atom stereocenters. The summed E-state index contributed by atoms with van der Waals surface area (Å²) in [5.74, 6) is -0.0642. The summed E-state index contributed by atoms with van der Waals surface area (Å²) in [5, 5.41) is 13.4. The minimum Gasteiger partial charge on any atom is -0.358 e. The van der Waals surface area contributed by atoms with Gasteiger partial charge in [0.2, 0.25) is 0 Å². The van der Waals surface area contributed by atoms with Crippen LogP contribution in [0.15, 0.2) is 12.4 Å². The van der Waals surface area contributed by atoms with Crippen molar-refractivity contribution in [2.24, 2.45) is 0 Å². The van der Waals surface area contributed by atoms with Crippen LogP contribution < -0.4 is 5.32 Å². The number of aromatic amines is 1. The van der Waals surface area contributed by atoms with Crippen LogP contribution in [-0.2, 0) is 0 Å². The summed E-state index contributed by atoms with van der Waals surface area (Å²) in [6, 6.07) is 0. The topological polar surface area (TPSA) is 83.8 Å². The van der Waals surface area contributed by atoms with E-state index in [0.29, 0.717) is 5.69 Å². The molecule has 6 nitrogen and oxygen atoms in total. The molecule has 0 bridgehead atoms. The Balaban J connectivity index is 2.62. The van der Waals surface area contributed by atoms with Crippen LogP contribution in [0.3, 0.4) is 0 Å². The molecule has 0 saturated heterocycles. The zero-order valence-corrected chi connectivity index (χ0v) is 7.86. The van der Waals surface area contributed by atoms with E-state index < -0.39 is 4.92 Å². The van der Waals surface area contributed by atoms with Crippen molar-refractivity contribution in [2.75, 3.05) is 13.6 Å². The molecule has 0 aliphatic heterocycles. The number of aromatic nitrogens is 2. The van der Waals surface area contributed by atoms with E-state index in [1.165, 1.54) is 6.33 Å². The summed E-state index contributed by atoms with van der Waals surface area (Å²) in [4.78, 5) is 16.3. The van der Waals surface area contributed by atoms with Crippen LogP contribution in [0.25, 0.3) is 6.08 Å². The highest BCUT2D eigenvalue weighted by atomic mass is 16.6. The van der Waals surface area contributed by atoms with Crippen LogP contribution in [0.2, 0.25) is 0 Å². The number of H-pyrrole nitrogens is 1. The van der Waals surface area contributed by atoms with Crippen molar-refractivity contribution in [1.29, 1.82) is 0 Å². The molecule has 0 spiro atoms. The Morgan fingerprint density at radius 1 is 1.79 bits per heavy atom. The third kappa shape index (κ3) is 2.67. The number of nitrogens with one attached hydrogen (secondary N) is 2. The van der Waals surface area contributed by atoms with Gasteiger partial charge in [0.25, 0.3) is 0 Å². The molecule has 0 aliphatic carbocycles. The van der Waals surface area contributed by atoms with Gasteiger partial charge in [0, 0.05) is 0 Å². The van der Waals surface area contributed by atoms with E-state index in [1.54, 1.807) is 6.08 Å². The third-order valence-corrected chi connectivity index (χ3v) is 1.67. The normalized spacial score (nSPS) is 10.9. The van der Waals surface area contributed by atoms with E-state index >= 15 is 0 Å². The van der Waals surface area contributed by atoms with Gasteiger partial charge in [-0.15, -0.1) is 0 Å². The standard InChI is InChI=1S/C8H12N4O2/c1-9-5-3-2-4-7-8(12(13)14)11-6-10-7/h2,4,6,9H,3,5H2,1H3,(H,10,11). The number of hydrogen-bond donors (Lipinski definition) is 2. The lowest BCUT2D eigenvalue weighted by Gasteiger charge is -1.92. The van der Waals surface area contributed by atoms with Gasteiger partial charge in [-0.2, -0.15) is 0 Å². The van der Waals surface area contributed by atoms with Gasteiger partial charge in [-0.3, -0.25) is 0 Å². The molecule has 0 fully saturated rings. The predicted octanol–water partition coefficient (Wildman–Crippen LogP) is 0.941. The van der Waals surface area contributed by atoms with Gasteiger partial charge in [-0.25, -0.2) is 9.97 Å². The largest absolute Gasteiger partial charge is 0.358 e. The first-order valence-corrected chi connectivity index (χ1v) is 4.24. The number of hydrogen-bond acceptors (Lipinski definition) is 4. The molecular weight excluding hydrogens is 184 g/mol. The molecule has 0 aromatic carbocycles.